The van der Waals surface area contributed by atoms with Crippen molar-refractivity contribution in [1.29, 1.82) is 0 Å². The molecular weight excluding hydrogens is 392 g/mol. The van der Waals surface area contributed by atoms with Gasteiger partial charge in [0.05, 0.1) is 11.9 Å². The molecule has 9 nitrogen and oxygen atoms in total. The number of nitrogens with one attached hydrogen (secondary N) is 3. The summed E-state index contributed by atoms with van der Waals surface area (Å²) in [6.45, 7) is 2.11. The molecule has 2 fully saturated rings. The van der Waals surface area contributed by atoms with Crippen molar-refractivity contribution in [2.75, 3.05) is 43.4 Å². The van der Waals surface area contributed by atoms with Gasteiger partial charge in [-0.25, -0.2) is 9.97 Å². The van der Waals surface area contributed by atoms with Gasteiger partial charge in [-0.05, 0) is 31.0 Å². The van der Waals surface area contributed by atoms with Gasteiger partial charge in [-0.3, -0.25) is 4.79 Å². The normalized spacial score (nSPS) is 18.7. The molecule has 1 saturated carbocycles. The molecule has 0 atom stereocenters. The molecule has 1 amide bonds. The van der Waals surface area contributed by atoms with E-state index in [9.17, 15) is 4.79 Å². The van der Waals surface area contributed by atoms with Crippen molar-refractivity contribution >= 4 is 34.4 Å². The second-order valence-electron chi connectivity index (χ2n) is 8.01. The molecule has 3 aromatic heterocycles. The summed E-state index contributed by atoms with van der Waals surface area (Å²) in [5.74, 6) is 0.310. The van der Waals surface area contributed by atoms with Gasteiger partial charge in [0.25, 0.3) is 5.91 Å². The number of anilines is 3. The van der Waals surface area contributed by atoms with Crippen LogP contribution >= 0.6 is 0 Å². The van der Waals surface area contributed by atoms with E-state index in [1.807, 2.05) is 22.9 Å². The van der Waals surface area contributed by atoms with Crippen molar-refractivity contribution < 1.29 is 8.95 Å². The summed E-state index contributed by atoms with van der Waals surface area (Å²) in [6, 6.07) is 5.66. The Balaban J connectivity index is 1.44. The van der Waals surface area contributed by atoms with Gasteiger partial charge in [-0.15, -0.1) is 0 Å². The Kier molecular flexibility index (Phi) is 4.52. The number of carbonyl (C=O) groups excluding carboxylic acids is 1. The SMILES string of the molecule is [2H]C([2H])N([2H])C(=O)c1cc2cnc(Nc3ccc(N4CCNCC4)cn3)nc2n1C1CCCC1. The molecule has 3 aromatic rings. The number of pyridine rings is 1. The lowest BCUT2D eigenvalue weighted by molar-refractivity contribution is 0.0952. The zero-order chi connectivity index (χ0) is 23.7. The van der Waals surface area contributed by atoms with E-state index in [0.29, 0.717) is 28.1 Å². The fourth-order valence-electron chi connectivity index (χ4n) is 4.52. The summed E-state index contributed by atoms with van der Waals surface area (Å²) in [5, 5.41) is 7.55. The summed E-state index contributed by atoms with van der Waals surface area (Å²) < 4.78 is 24.6. The Hall–Kier alpha value is -3.20. The predicted molar refractivity (Wildman–Crippen MR) is 121 cm³/mol. The van der Waals surface area contributed by atoms with Crippen molar-refractivity contribution in [1.82, 2.24) is 30.1 Å². The fraction of sp³-hybridized carbons (Fsp3) is 0.455. The number of piperazine rings is 1. The van der Waals surface area contributed by atoms with E-state index in [0.717, 1.165) is 57.5 Å². The van der Waals surface area contributed by atoms with Gasteiger partial charge in [0.15, 0.2) is 1.41 Å². The van der Waals surface area contributed by atoms with Gasteiger partial charge in [-0.1, -0.05) is 12.8 Å². The number of fused-ring (bicyclic) bond motifs is 1. The highest BCUT2D eigenvalue weighted by molar-refractivity contribution is 5.98. The quantitative estimate of drug-likeness (QED) is 0.580. The molecule has 2 aliphatic rings. The molecule has 1 aliphatic heterocycles. The first-order valence-corrected chi connectivity index (χ1v) is 10.7. The molecule has 1 aliphatic carbocycles. The highest BCUT2D eigenvalue weighted by Crippen LogP contribution is 2.34. The Labute approximate surface area is 185 Å². The number of nitrogens with zero attached hydrogens (tertiary/aromatic N) is 5. The predicted octanol–water partition coefficient (Wildman–Crippen LogP) is 2.45. The summed E-state index contributed by atoms with van der Waals surface area (Å²) in [4.78, 5) is 28.8. The molecule has 0 radical (unpaired) electrons. The van der Waals surface area contributed by atoms with Crippen LogP contribution < -0.4 is 20.8 Å². The van der Waals surface area contributed by atoms with Gasteiger partial charge in [0.2, 0.25) is 5.95 Å². The van der Waals surface area contributed by atoms with Crippen molar-refractivity contribution in [3.8, 4) is 0 Å². The number of hydrogen-bond acceptors (Lipinski definition) is 7. The monoisotopic (exact) mass is 423 g/mol. The minimum absolute atomic E-state index is 0.0824. The van der Waals surface area contributed by atoms with Crippen molar-refractivity contribution in [2.45, 2.75) is 31.7 Å². The second-order valence-corrected chi connectivity index (χ2v) is 8.01. The lowest BCUT2D eigenvalue weighted by atomic mass is 10.2. The number of hydrogen-bond donors (Lipinski definition) is 3. The van der Waals surface area contributed by atoms with Crippen LogP contribution in [0, 0.1) is 0 Å². The molecule has 4 heterocycles. The maximum absolute atomic E-state index is 12.9. The Morgan fingerprint density at radius 2 is 2.06 bits per heavy atom. The van der Waals surface area contributed by atoms with E-state index in [2.05, 4.69) is 25.5 Å². The van der Waals surface area contributed by atoms with Crippen LogP contribution in [0.3, 0.4) is 0 Å². The molecule has 0 spiro atoms. The first-order valence-electron chi connectivity index (χ1n) is 12.3. The standard InChI is InChI=1S/C22H28N8O/c1-23-21(31)18-12-15-13-26-22(28-20(15)30(18)16-4-2-3-5-16)27-19-7-6-17(14-25-19)29-10-8-24-9-11-29/h6-7,12-14,16,24H,2-5,8-11H2,1H3,(H,23,31)(H,25,26,27,28)/i1D2/hD. The highest BCUT2D eigenvalue weighted by Gasteiger charge is 2.25. The Morgan fingerprint density at radius 3 is 2.81 bits per heavy atom. The maximum atomic E-state index is 12.9. The van der Waals surface area contributed by atoms with E-state index in [1.54, 1.807) is 12.3 Å². The van der Waals surface area contributed by atoms with E-state index in [1.165, 1.54) is 0 Å². The molecule has 31 heavy (non-hydrogen) atoms. The van der Waals surface area contributed by atoms with Crippen LogP contribution in [0.5, 0.6) is 0 Å². The third kappa shape index (κ3) is 3.93. The van der Waals surface area contributed by atoms with Crippen LogP contribution in [0.4, 0.5) is 17.5 Å². The number of amides is 1. The van der Waals surface area contributed by atoms with Gasteiger partial charge < -0.3 is 25.4 Å². The summed E-state index contributed by atoms with van der Waals surface area (Å²) in [6.07, 6.45) is 7.42. The van der Waals surface area contributed by atoms with E-state index < -0.39 is 12.9 Å². The molecule has 9 heteroatoms. The van der Waals surface area contributed by atoms with Gasteiger partial charge in [-0.2, -0.15) is 4.98 Å². The summed E-state index contributed by atoms with van der Waals surface area (Å²) >= 11 is 0. The number of carbonyl (C=O) groups is 1. The van der Waals surface area contributed by atoms with E-state index >= 15 is 0 Å². The van der Waals surface area contributed by atoms with Crippen molar-refractivity contribution in [3.05, 3.63) is 36.3 Å². The molecule has 0 bridgehead atoms. The lowest BCUT2D eigenvalue weighted by Gasteiger charge is -2.29. The molecule has 0 aromatic carbocycles. The van der Waals surface area contributed by atoms with Gasteiger partial charge in [0, 0.05) is 53.5 Å². The van der Waals surface area contributed by atoms with Crippen LogP contribution in [0.1, 0.15) is 45.0 Å². The molecule has 1 saturated heterocycles. The summed E-state index contributed by atoms with van der Waals surface area (Å²) in [5.41, 5.74) is 1.94. The zero-order valence-corrected chi connectivity index (χ0v) is 17.3. The van der Waals surface area contributed by atoms with E-state index in [4.69, 9.17) is 9.14 Å². The minimum atomic E-state index is -1.71. The molecule has 3 N–H and O–H groups in total. The minimum Gasteiger partial charge on any atom is -0.368 e. The average Bonchev–Trinajstić information content (AvgIpc) is 3.51. The number of aromatic nitrogens is 4. The zero-order valence-electron chi connectivity index (χ0n) is 20.3. The third-order valence-electron chi connectivity index (χ3n) is 6.07. The van der Waals surface area contributed by atoms with E-state index in [-0.39, 0.29) is 11.7 Å². The van der Waals surface area contributed by atoms with Crippen LogP contribution in [0.15, 0.2) is 30.6 Å². The Morgan fingerprint density at radius 1 is 1.23 bits per heavy atom. The second kappa shape index (κ2) is 8.50. The molecular formula is C22H28N8O. The van der Waals surface area contributed by atoms with Crippen molar-refractivity contribution in [3.63, 3.8) is 0 Å². The summed E-state index contributed by atoms with van der Waals surface area (Å²) in [7, 11) is 0. The fourth-order valence-corrected chi connectivity index (χ4v) is 4.52. The smallest absolute Gasteiger partial charge is 0.267 e. The molecule has 162 valence electrons. The topological polar surface area (TPSA) is 100 Å². The van der Waals surface area contributed by atoms with Crippen LogP contribution in [-0.4, -0.2) is 58.6 Å². The largest absolute Gasteiger partial charge is 0.368 e. The van der Waals surface area contributed by atoms with Crippen LogP contribution in [-0.2, 0) is 0 Å². The molecule has 0 unspecified atom stereocenters. The Bertz CT molecular complexity index is 1160. The molecule has 5 rings (SSSR count). The number of rotatable bonds is 5. The van der Waals surface area contributed by atoms with Gasteiger partial charge in [0.1, 0.15) is 17.2 Å². The van der Waals surface area contributed by atoms with Crippen LogP contribution in [0.2, 0.25) is 1.41 Å². The maximum Gasteiger partial charge on any atom is 0.267 e. The highest BCUT2D eigenvalue weighted by atomic mass is 16.1. The van der Waals surface area contributed by atoms with Crippen LogP contribution in [0.25, 0.3) is 11.0 Å². The lowest BCUT2D eigenvalue weighted by Crippen LogP contribution is -2.43. The van der Waals surface area contributed by atoms with Crippen molar-refractivity contribution in [2.24, 2.45) is 0 Å². The third-order valence-corrected chi connectivity index (χ3v) is 6.07. The average molecular weight is 424 g/mol. The first kappa shape index (κ1) is 16.5. The first-order chi connectivity index (χ1) is 16.5. The van der Waals surface area contributed by atoms with Gasteiger partial charge >= 0.3 is 0 Å².